The summed E-state index contributed by atoms with van der Waals surface area (Å²) in [5, 5.41) is 11.4. The highest BCUT2D eigenvalue weighted by Crippen LogP contribution is 2.33. The molecule has 0 bridgehead atoms. The lowest BCUT2D eigenvalue weighted by molar-refractivity contribution is 0.245. The van der Waals surface area contributed by atoms with Crippen LogP contribution in [0, 0.1) is 12.7 Å². The third kappa shape index (κ3) is 3.54. The second-order valence-corrected chi connectivity index (χ2v) is 6.15. The quantitative estimate of drug-likeness (QED) is 0.908. The highest BCUT2D eigenvalue weighted by atomic mass is 35.5. The molecule has 2 atom stereocenters. The van der Waals surface area contributed by atoms with E-state index in [1.54, 1.807) is 13.0 Å². The number of rotatable bonds is 5. The first-order valence-corrected chi connectivity index (χ1v) is 8.17. The van der Waals surface area contributed by atoms with Crippen LogP contribution in [0.5, 0.6) is 0 Å². The van der Waals surface area contributed by atoms with Gasteiger partial charge in [0.15, 0.2) is 0 Å². The number of nitrogens with zero attached hydrogens (tertiary/aromatic N) is 3. The molecule has 0 spiro atoms. The van der Waals surface area contributed by atoms with Crippen LogP contribution >= 0.6 is 11.6 Å². The molecule has 0 saturated carbocycles. The van der Waals surface area contributed by atoms with Crippen LogP contribution in [-0.4, -0.2) is 34.2 Å². The van der Waals surface area contributed by atoms with Crippen LogP contribution in [0.1, 0.15) is 36.7 Å². The zero-order valence-electron chi connectivity index (χ0n) is 13.2. The first-order chi connectivity index (χ1) is 11.1. The van der Waals surface area contributed by atoms with Gasteiger partial charge in [0.05, 0.1) is 17.6 Å². The molecule has 0 radical (unpaired) electrons. The van der Waals surface area contributed by atoms with E-state index in [-0.39, 0.29) is 22.9 Å². The fourth-order valence-corrected chi connectivity index (χ4v) is 3.31. The number of hydrogen-bond donors (Lipinski definition) is 1. The second kappa shape index (κ2) is 6.95. The van der Waals surface area contributed by atoms with Crippen molar-refractivity contribution in [3.8, 4) is 0 Å². The lowest BCUT2D eigenvalue weighted by Crippen LogP contribution is -2.36. The number of aryl methyl sites for hydroxylation is 1. The number of likely N-dealkylation sites (tertiary alicyclic amines) is 1. The number of benzene rings is 1. The summed E-state index contributed by atoms with van der Waals surface area (Å²) in [4.78, 5) is 2.33. The van der Waals surface area contributed by atoms with Crippen molar-refractivity contribution >= 4 is 11.6 Å². The molecule has 1 aliphatic heterocycles. The summed E-state index contributed by atoms with van der Waals surface area (Å²) < 4.78 is 19.2. The Morgan fingerprint density at radius 3 is 2.91 bits per heavy atom. The predicted molar refractivity (Wildman–Crippen MR) is 85.7 cm³/mol. The molecule has 2 aromatic rings. The molecule has 7 heteroatoms. The van der Waals surface area contributed by atoms with Gasteiger partial charge >= 0.3 is 0 Å². The van der Waals surface area contributed by atoms with E-state index in [0.29, 0.717) is 18.3 Å². The smallest absolute Gasteiger partial charge is 0.230 e. The first kappa shape index (κ1) is 16.4. The Bertz CT molecular complexity index is 678. The first-order valence-electron chi connectivity index (χ1n) is 7.80. The number of aromatic nitrogens is 2. The standard InChI is InChI=1S/C16H20ClFN4O/c1-3-22-7-6-14(19-9-15-21-20-10(2)23-15)16(22)11-4-5-12(17)13(18)8-11/h4-5,8,14,16,19H,3,6-7,9H2,1-2H3/t14-,16+/m1/s1. The molecule has 0 aliphatic carbocycles. The third-order valence-electron chi connectivity index (χ3n) is 4.28. The molecule has 5 nitrogen and oxygen atoms in total. The van der Waals surface area contributed by atoms with Gasteiger partial charge in [-0.1, -0.05) is 24.6 Å². The second-order valence-electron chi connectivity index (χ2n) is 5.74. The van der Waals surface area contributed by atoms with Gasteiger partial charge in [0, 0.05) is 19.5 Å². The lowest BCUT2D eigenvalue weighted by atomic mass is 10.00. The molecule has 1 aromatic carbocycles. The van der Waals surface area contributed by atoms with Crippen molar-refractivity contribution in [2.75, 3.05) is 13.1 Å². The van der Waals surface area contributed by atoms with Crippen molar-refractivity contribution in [1.29, 1.82) is 0 Å². The minimum atomic E-state index is -0.376. The van der Waals surface area contributed by atoms with Gasteiger partial charge in [-0.25, -0.2) is 4.39 Å². The summed E-state index contributed by atoms with van der Waals surface area (Å²) >= 11 is 5.81. The van der Waals surface area contributed by atoms with E-state index in [1.165, 1.54) is 6.07 Å². The average molecular weight is 339 g/mol. The van der Waals surface area contributed by atoms with Crippen LogP contribution in [-0.2, 0) is 6.54 Å². The third-order valence-corrected chi connectivity index (χ3v) is 4.58. The van der Waals surface area contributed by atoms with Gasteiger partial charge in [0.25, 0.3) is 0 Å². The maximum absolute atomic E-state index is 13.8. The summed E-state index contributed by atoms with van der Waals surface area (Å²) in [6, 6.07) is 5.36. The normalized spacial score (nSPS) is 21.9. The molecule has 1 aromatic heterocycles. The monoisotopic (exact) mass is 338 g/mol. The van der Waals surface area contributed by atoms with E-state index in [1.807, 2.05) is 6.07 Å². The van der Waals surface area contributed by atoms with Crippen LogP contribution in [0.25, 0.3) is 0 Å². The summed E-state index contributed by atoms with van der Waals surface area (Å²) in [7, 11) is 0. The highest BCUT2D eigenvalue weighted by molar-refractivity contribution is 6.30. The van der Waals surface area contributed by atoms with Crippen LogP contribution in [0.2, 0.25) is 5.02 Å². The van der Waals surface area contributed by atoms with E-state index in [2.05, 4.69) is 27.3 Å². The molecule has 124 valence electrons. The van der Waals surface area contributed by atoms with Crippen molar-refractivity contribution in [3.63, 3.8) is 0 Å². The summed E-state index contributed by atoms with van der Waals surface area (Å²) in [6.45, 7) is 6.27. The Balaban J connectivity index is 1.76. The molecule has 1 N–H and O–H groups in total. The van der Waals surface area contributed by atoms with E-state index >= 15 is 0 Å². The van der Waals surface area contributed by atoms with Gasteiger partial charge in [-0.3, -0.25) is 4.90 Å². The fourth-order valence-electron chi connectivity index (χ4n) is 3.19. The van der Waals surface area contributed by atoms with Crippen molar-refractivity contribution in [2.45, 2.75) is 38.9 Å². The van der Waals surface area contributed by atoms with Gasteiger partial charge < -0.3 is 9.73 Å². The molecule has 23 heavy (non-hydrogen) atoms. The lowest BCUT2D eigenvalue weighted by Gasteiger charge is -2.28. The number of likely N-dealkylation sites (N-methyl/N-ethyl adjacent to an activating group) is 1. The minimum absolute atomic E-state index is 0.107. The number of halogens is 2. The molecule has 3 rings (SSSR count). The Hall–Kier alpha value is -1.50. The Kier molecular flexibility index (Phi) is 4.94. The fraction of sp³-hybridized carbons (Fsp3) is 0.500. The van der Waals surface area contributed by atoms with Gasteiger partial charge in [0.2, 0.25) is 11.8 Å². The topological polar surface area (TPSA) is 54.2 Å². The van der Waals surface area contributed by atoms with Gasteiger partial charge in [0.1, 0.15) is 5.82 Å². The number of hydrogen-bond acceptors (Lipinski definition) is 5. The summed E-state index contributed by atoms with van der Waals surface area (Å²) in [6.07, 6.45) is 0.982. The summed E-state index contributed by atoms with van der Waals surface area (Å²) in [5.74, 6) is 0.747. The van der Waals surface area contributed by atoms with Crippen LogP contribution in [0.15, 0.2) is 22.6 Å². The van der Waals surface area contributed by atoms with Gasteiger partial charge in [-0.2, -0.15) is 0 Å². The summed E-state index contributed by atoms with van der Waals surface area (Å²) in [5.41, 5.74) is 0.936. The van der Waals surface area contributed by atoms with E-state index in [0.717, 1.165) is 25.1 Å². The van der Waals surface area contributed by atoms with Gasteiger partial charge in [-0.05, 0) is 30.7 Å². The maximum atomic E-state index is 13.8. The molecule has 1 saturated heterocycles. The van der Waals surface area contributed by atoms with Crippen LogP contribution in [0.3, 0.4) is 0 Å². The molecule has 2 heterocycles. The molecule has 1 aliphatic rings. The van der Waals surface area contributed by atoms with Crippen molar-refractivity contribution in [2.24, 2.45) is 0 Å². The predicted octanol–water partition coefficient (Wildman–Crippen LogP) is 3.10. The Labute approximate surface area is 139 Å². The SMILES string of the molecule is CCN1CC[C@@H](NCc2nnc(C)o2)[C@@H]1c1ccc(Cl)c(F)c1. The average Bonchev–Trinajstić information content (AvgIpc) is 3.13. The zero-order valence-corrected chi connectivity index (χ0v) is 14.0. The minimum Gasteiger partial charge on any atom is -0.424 e. The largest absolute Gasteiger partial charge is 0.424 e. The zero-order chi connectivity index (χ0) is 16.4. The van der Waals surface area contributed by atoms with Crippen molar-refractivity contribution in [3.05, 3.63) is 46.4 Å². The maximum Gasteiger partial charge on any atom is 0.230 e. The van der Waals surface area contributed by atoms with Crippen LogP contribution in [0.4, 0.5) is 4.39 Å². The van der Waals surface area contributed by atoms with E-state index in [4.69, 9.17) is 16.0 Å². The molecule has 0 unspecified atom stereocenters. The highest BCUT2D eigenvalue weighted by Gasteiger charge is 2.34. The Morgan fingerprint density at radius 2 is 2.26 bits per heavy atom. The van der Waals surface area contributed by atoms with Gasteiger partial charge in [-0.15, -0.1) is 10.2 Å². The van der Waals surface area contributed by atoms with Crippen LogP contribution < -0.4 is 5.32 Å². The van der Waals surface area contributed by atoms with Crippen molar-refractivity contribution < 1.29 is 8.81 Å². The molecule has 1 fully saturated rings. The van der Waals surface area contributed by atoms with Crippen molar-refractivity contribution in [1.82, 2.24) is 20.4 Å². The van der Waals surface area contributed by atoms with E-state index in [9.17, 15) is 4.39 Å². The molecular formula is C16H20ClFN4O. The molecule has 0 amide bonds. The number of nitrogens with one attached hydrogen (secondary N) is 1. The van der Waals surface area contributed by atoms with E-state index < -0.39 is 0 Å². The molecular weight excluding hydrogens is 319 g/mol. The Morgan fingerprint density at radius 1 is 1.43 bits per heavy atom.